The molecule has 2 aromatic carbocycles. The van der Waals surface area contributed by atoms with Gasteiger partial charge in [-0.05, 0) is 48.7 Å². The van der Waals surface area contributed by atoms with Crippen LogP contribution in [0.1, 0.15) is 24.2 Å². The van der Waals surface area contributed by atoms with Crippen LogP contribution in [-0.2, 0) is 11.2 Å². The van der Waals surface area contributed by atoms with E-state index in [2.05, 4.69) is 9.97 Å². The van der Waals surface area contributed by atoms with Crippen molar-refractivity contribution in [3.8, 4) is 5.75 Å². The van der Waals surface area contributed by atoms with E-state index in [1.54, 1.807) is 11.6 Å². The fraction of sp³-hybridized carbons (Fsp3) is 0.200. The maximum atomic E-state index is 10.9. The number of ether oxygens (including phenoxy) is 1. The molecule has 0 saturated heterocycles. The van der Waals surface area contributed by atoms with Crippen LogP contribution in [0.5, 0.6) is 5.75 Å². The number of hydrogen-bond donors (Lipinski definition) is 3. The Balaban J connectivity index is 1.39. The molecule has 1 heterocycles. The molecule has 6 nitrogen and oxygen atoms in total. The SMILES string of the molecule is O=C(/C=C/c1ccc(OCCCCc2nc3ccccc3[nH]2)cc1)NO. The summed E-state index contributed by atoms with van der Waals surface area (Å²) in [5.74, 6) is 1.24. The minimum Gasteiger partial charge on any atom is -0.494 e. The number of nitrogens with one attached hydrogen (secondary N) is 2. The van der Waals surface area contributed by atoms with Gasteiger partial charge in [0.15, 0.2) is 0 Å². The number of aryl methyl sites for hydroxylation is 1. The van der Waals surface area contributed by atoms with Crippen molar-refractivity contribution < 1.29 is 14.7 Å². The Bertz CT molecular complexity index is 852. The number of aromatic amines is 1. The number of fused-ring (bicyclic) bond motifs is 1. The molecule has 1 aromatic heterocycles. The minimum absolute atomic E-state index is 0.560. The number of imidazole rings is 1. The largest absolute Gasteiger partial charge is 0.494 e. The van der Waals surface area contributed by atoms with Gasteiger partial charge in [-0.25, -0.2) is 10.5 Å². The standard InChI is InChI=1S/C20H21N3O3/c24-20(23-25)13-10-15-8-11-16(12-9-15)26-14-4-3-7-19-21-17-5-1-2-6-18(17)22-19/h1-2,5-6,8-13,25H,3-4,7,14H2,(H,21,22)(H,23,24)/b13-10+. The summed E-state index contributed by atoms with van der Waals surface area (Å²) in [5, 5.41) is 8.43. The number of nitrogens with zero attached hydrogens (tertiary/aromatic N) is 1. The summed E-state index contributed by atoms with van der Waals surface area (Å²) in [6, 6.07) is 15.4. The van der Waals surface area contributed by atoms with Crippen molar-refractivity contribution in [2.75, 3.05) is 6.61 Å². The summed E-state index contributed by atoms with van der Waals surface area (Å²) in [4.78, 5) is 18.8. The molecule has 0 atom stereocenters. The second kappa shape index (κ2) is 8.82. The van der Waals surface area contributed by atoms with Crippen LogP contribution in [-0.4, -0.2) is 27.7 Å². The normalized spacial score (nSPS) is 11.1. The average Bonchev–Trinajstić information content (AvgIpc) is 3.09. The molecule has 0 saturated carbocycles. The van der Waals surface area contributed by atoms with Crippen LogP contribution in [0, 0.1) is 0 Å². The number of para-hydroxylation sites is 2. The number of H-pyrrole nitrogens is 1. The summed E-state index contributed by atoms with van der Waals surface area (Å²) in [7, 11) is 0. The summed E-state index contributed by atoms with van der Waals surface area (Å²) in [5.41, 5.74) is 4.48. The van der Waals surface area contributed by atoms with Gasteiger partial charge in [0, 0.05) is 12.5 Å². The molecule has 3 rings (SSSR count). The molecule has 0 spiro atoms. The highest BCUT2D eigenvalue weighted by Crippen LogP contribution is 2.15. The van der Waals surface area contributed by atoms with Gasteiger partial charge in [0.2, 0.25) is 0 Å². The first-order valence-corrected chi connectivity index (χ1v) is 8.53. The van der Waals surface area contributed by atoms with Crippen molar-refractivity contribution in [3.05, 3.63) is 66.0 Å². The first-order valence-electron chi connectivity index (χ1n) is 8.53. The molecule has 26 heavy (non-hydrogen) atoms. The minimum atomic E-state index is -0.560. The van der Waals surface area contributed by atoms with Crippen LogP contribution in [0.15, 0.2) is 54.6 Å². The maximum Gasteiger partial charge on any atom is 0.267 e. The van der Waals surface area contributed by atoms with Crippen molar-refractivity contribution in [1.82, 2.24) is 15.4 Å². The summed E-state index contributed by atoms with van der Waals surface area (Å²) in [6.45, 7) is 0.641. The lowest BCUT2D eigenvalue weighted by Crippen LogP contribution is -2.14. The topological polar surface area (TPSA) is 87.2 Å². The Morgan fingerprint density at radius 3 is 2.73 bits per heavy atom. The van der Waals surface area contributed by atoms with Gasteiger partial charge in [0.1, 0.15) is 11.6 Å². The van der Waals surface area contributed by atoms with E-state index in [-0.39, 0.29) is 0 Å². The first-order chi connectivity index (χ1) is 12.7. The van der Waals surface area contributed by atoms with Crippen LogP contribution in [0.25, 0.3) is 17.1 Å². The van der Waals surface area contributed by atoms with E-state index in [1.807, 2.05) is 48.5 Å². The number of carbonyl (C=O) groups is 1. The zero-order valence-electron chi connectivity index (χ0n) is 14.3. The fourth-order valence-electron chi connectivity index (χ4n) is 2.59. The van der Waals surface area contributed by atoms with Crippen LogP contribution in [0.4, 0.5) is 0 Å². The number of carbonyl (C=O) groups excluding carboxylic acids is 1. The van der Waals surface area contributed by atoms with Crippen molar-refractivity contribution in [1.29, 1.82) is 0 Å². The quantitative estimate of drug-likeness (QED) is 0.251. The van der Waals surface area contributed by atoms with Gasteiger partial charge in [-0.2, -0.15) is 0 Å². The number of amides is 1. The molecule has 0 radical (unpaired) electrons. The number of benzene rings is 2. The average molecular weight is 351 g/mol. The molecule has 0 aliphatic carbocycles. The van der Waals surface area contributed by atoms with Gasteiger partial charge in [-0.3, -0.25) is 10.0 Å². The number of hydroxylamine groups is 1. The molecule has 0 fully saturated rings. The molecule has 3 aromatic rings. The van der Waals surface area contributed by atoms with E-state index < -0.39 is 5.91 Å². The van der Waals surface area contributed by atoms with Crippen LogP contribution in [0.2, 0.25) is 0 Å². The van der Waals surface area contributed by atoms with Gasteiger partial charge < -0.3 is 9.72 Å². The van der Waals surface area contributed by atoms with E-state index in [0.29, 0.717) is 6.61 Å². The monoisotopic (exact) mass is 351 g/mol. The van der Waals surface area contributed by atoms with E-state index in [9.17, 15) is 4.79 Å². The van der Waals surface area contributed by atoms with Gasteiger partial charge in [-0.15, -0.1) is 0 Å². The predicted molar refractivity (Wildman–Crippen MR) is 99.9 cm³/mol. The van der Waals surface area contributed by atoms with Crippen molar-refractivity contribution in [2.45, 2.75) is 19.3 Å². The van der Waals surface area contributed by atoms with E-state index in [0.717, 1.165) is 47.4 Å². The lowest BCUT2D eigenvalue weighted by Gasteiger charge is -2.06. The number of hydrogen-bond acceptors (Lipinski definition) is 4. The van der Waals surface area contributed by atoms with E-state index in [4.69, 9.17) is 9.94 Å². The predicted octanol–water partition coefficient (Wildman–Crippen LogP) is 3.48. The highest BCUT2D eigenvalue weighted by Gasteiger charge is 2.02. The summed E-state index contributed by atoms with van der Waals surface area (Å²) < 4.78 is 5.73. The van der Waals surface area contributed by atoms with Crippen LogP contribution < -0.4 is 10.2 Å². The Labute approximate surface area is 151 Å². The Morgan fingerprint density at radius 1 is 1.15 bits per heavy atom. The first kappa shape index (κ1) is 17.7. The molecular weight excluding hydrogens is 330 g/mol. The molecule has 0 aliphatic rings. The molecule has 3 N–H and O–H groups in total. The van der Waals surface area contributed by atoms with Crippen molar-refractivity contribution >= 4 is 23.0 Å². The highest BCUT2D eigenvalue weighted by molar-refractivity contribution is 5.90. The fourth-order valence-corrected chi connectivity index (χ4v) is 2.59. The smallest absolute Gasteiger partial charge is 0.267 e. The third-order valence-corrected chi connectivity index (χ3v) is 3.93. The molecule has 0 unspecified atom stereocenters. The second-order valence-corrected chi connectivity index (χ2v) is 5.88. The molecule has 1 amide bonds. The van der Waals surface area contributed by atoms with E-state index >= 15 is 0 Å². The Hall–Kier alpha value is -3.12. The number of unbranched alkanes of at least 4 members (excludes halogenated alkanes) is 1. The third-order valence-electron chi connectivity index (χ3n) is 3.93. The van der Waals surface area contributed by atoms with Gasteiger partial charge in [-0.1, -0.05) is 24.3 Å². The molecular formula is C20H21N3O3. The van der Waals surface area contributed by atoms with Gasteiger partial charge in [0.25, 0.3) is 5.91 Å². The summed E-state index contributed by atoms with van der Waals surface area (Å²) in [6.07, 6.45) is 5.71. The molecule has 134 valence electrons. The van der Waals surface area contributed by atoms with Crippen LogP contribution >= 0.6 is 0 Å². The Morgan fingerprint density at radius 2 is 1.96 bits per heavy atom. The number of rotatable bonds is 8. The van der Waals surface area contributed by atoms with E-state index in [1.165, 1.54) is 6.08 Å². The molecule has 0 bridgehead atoms. The van der Waals surface area contributed by atoms with Crippen LogP contribution in [0.3, 0.4) is 0 Å². The molecule has 0 aliphatic heterocycles. The maximum absolute atomic E-state index is 10.9. The lowest BCUT2D eigenvalue weighted by molar-refractivity contribution is -0.124. The van der Waals surface area contributed by atoms with Gasteiger partial charge in [0.05, 0.1) is 17.6 Å². The lowest BCUT2D eigenvalue weighted by atomic mass is 10.2. The van der Waals surface area contributed by atoms with Crippen molar-refractivity contribution in [2.24, 2.45) is 0 Å². The third kappa shape index (κ3) is 4.94. The highest BCUT2D eigenvalue weighted by atomic mass is 16.5. The molecule has 6 heteroatoms. The Kier molecular flexibility index (Phi) is 6.01. The van der Waals surface area contributed by atoms with Crippen molar-refractivity contribution in [3.63, 3.8) is 0 Å². The second-order valence-electron chi connectivity index (χ2n) is 5.88. The zero-order valence-corrected chi connectivity index (χ0v) is 14.3. The number of aromatic nitrogens is 2. The summed E-state index contributed by atoms with van der Waals surface area (Å²) >= 11 is 0. The van der Waals surface area contributed by atoms with Gasteiger partial charge >= 0.3 is 0 Å². The zero-order chi connectivity index (χ0) is 18.2.